The molecule has 1 aliphatic rings. The smallest absolute Gasteiger partial charge is 0.394 e. The zero-order valence-corrected chi connectivity index (χ0v) is 6.26. The number of carbonyl (C=O) groups is 2. The highest BCUT2D eigenvalue weighted by Crippen LogP contribution is 2.34. The molecule has 0 unspecified atom stereocenters. The van der Waals surface area contributed by atoms with Gasteiger partial charge in [0.15, 0.2) is 0 Å². The van der Waals surface area contributed by atoms with Crippen LogP contribution in [0.1, 0.15) is 6.42 Å². The van der Waals surface area contributed by atoms with Crippen LogP contribution >= 0.6 is 0 Å². The van der Waals surface area contributed by atoms with Crippen LogP contribution in [-0.4, -0.2) is 29.2 Å². The molecule has 0 aromatic rings. The summed E-state index contributed by atoms with van der Waals surface area (Å²) in [6, 6.07) is -1.84. The van der Waals surface area contributed by atoms with Crippen LogP contribution in [0.3, 0.4) is 0 Å². The second-order valence-corrected chi connectivity index (χ2v) is 2.74. The van der Waals surface area contributed by atoms with E-state index in [0.29, 0.717) is 0 Å². The summed E-state index contributed by atoms with van der Waals surface area (Å²) in [5.74, 6) is -4.65. The molecule has 2 N–H and O–H groups in total. The van der Waals surface area contributed by atoms with Crippen molar-refractivity contribution >= 4 is 11.9 Å². The van der Waals surface area contributed by atoms with E-state index in [9.17, 15) is 22.8 Å². The molecule has 7 heteroatoms. The molecule has 0 spiro atoms. The zero-order valence-electron chi connectivity index (χ0n) is 6.26. The van der Waals surface area contributed by atoms with Gasteiger partial charge in [-0.15, -0.1) is 0 Å². The largest absolute Gasteiger partial charge is 0.480 e. The molecule has 2 atom stereocenters. The summed E-state index contributed by atoms with van der Waals surface area (Å²) in [6.45, 7) is 0. The SMILES string of the molecule is O=C1C[C@@H](C(F)(F)F)[C@H](C(=O)O)N1. The highest BCUT2D eigenvalue weighted by molar-refractivity contribution is 5.88. The standard InChI is InChI=1S/C6H6F3NO3/c7-6(8,9)2-1-3(11)10-4(2)5(12)13/h2,4H,1H2,(H,10,11)(H,12,13)/t2-,4-/m1/s1. The van der Waals surface area contributed by atoms with Gasteiger partial charge in [-0.1, -0.05) is 0 Å². The number of halogens is 3. The Morgan fingerprint density at radius 2 is 2.08 bits per heavy atom. The number of alkyl halides is 3. The molecule has 0 radical (unpaired) electrons. The molecule has 0 aromatic carbocycles. The van der Waals surface area contributed by atoms with E-state index < -0.39 is 36.4 Å². The van der Waals surface area contributed by atoms with Crippen LogP contribution in [0, 0.1) is 5.92 Å². The number of aliphatic carboxylic acids is 1. The second kappa shape index (κ2) is 2.90. The van der Waals surface area contributed by atoms with E-state index >= 15 is 0 Å². The van der Waals surface area contributed by atoms with Crippen LogP contribution in [0.15, 0.2) is 0 Å². The first-order valence-corrected chi connectivity index (χ1v) is 3.41. The summed E-state index contributed by atoms with van der Waals surface area (Å²) in [7, 11) is 0. The molecular formula is C6H6F3NO3. The molecule has 1 aliphatic heterocycles. The van der Waals surface area contributed by atoms with Crippen LogP contribution in [-0.2, 0) is 9.59 Å². The summed E-state index contributed by atoms with van der Waals surface area (Å²) in [5, 5.41) is 10.1. The minimum Gasteiger partial charge on any atom is -0.480 e. The molecule has 1 fully saturated rings. The third-order valence-corrected chi connectivity index (χ3v) is 1.81. The number of rotatable bonds is 1. The maximum Gasteiger partial charge on any atom is 0.394 e. The summed E-state index contributed by atoms with van der Waals surface area (Å²) in [4.78, 5) is 20.8. The molecule has 1 saturated heterocycles. The second-order valence-electron chi connectivity index (χ2n) is 2.74. The monoisotopic (exact) mass is 197 g/mol. The van der Waals surface area contributed by atoms with Gasteiger partial charge in [0, 0.05) is 6.42 Å². The number of carbonyl (C=O) groups excluding carboxylic acids is 1. The fourth-order valence-electron chi connectivity index (χ4n) is 1.19. The van der Waals surface area contributed by atoms with Crippen molar-refractivity contribution in [1.29, 1.82) is 0 Å². The van der Waals surface area contributed by atoms with Gasteiger partial charge < -0.3 is 10.4 Å². The van der Waals surface area contributed by atoms with Crippen LogP contribution in [0.25, 0.3) is 0 Å². The molecule has 1 rings (SSSR count). The Hall–Kier alpha value is -1.27. The van der Waals surface area contributed by atoms with Gasteiger partial charge in [-0.2, -0.15) is 13.2 Å². The summed E-state index contributed by atoms with van der Waals surface area (Å²) < 4.78 is 36.3. The first-order chi connectivity index (χ1) is 5.82. The molecule has 0 saturated carbocycles. The zero-order chi connectivity index (χ0) is 10.2. The van der Waals surface area contributed by atoms with Crippen LogP contribution in [0.5, 0.6) is 0 Å². The van der Waals surface area contributed by atoms with E-state index in [1.54, 1.807) is 5.32 Å². The maximum absolute atomic E-state index is 12.1. The molecule has 13 heavy (non-hydrogen) atoms. The predicted octanol–water partition coefficient (Wildman–Crippen LogP) is 0.138. The van der Waals surface area contributed by atoms with E-state index in [1.165, 1.54) is 0 Å². The minimum absolute atomic E-state index is 0.805. The van der Waals surface area contributed by atoms with Crippen molar-refractivity contribution in [3.8, 4) is 0 Å². The van der Waals surface area contributed by atoms with Gasteiger partial charge in [-0.05, 0) is 0 Å². The van der Waals surface area contributed by atoms with Gasteiger partial charge in [-0.3, -0.25) is 4.79 Å². The molecular weight excluding hydrogens is 191 g/mol. The van der Waals surface area contributed by atoms with Crippen molar-refractivity contribution in [3.05, 3.63) is 0 Å². The van der Waals surface area contributed by atoms with Crippen molar-refractivity contribution in [2.75, 3.05) is 0 Å². The lowest BCUT2D eigenvalue weighted by molar-refractivity contribution is -0.184. The third-order valence-electron chi connectivity index (χ3n) is 1.81. The van der Waals surface area contributed by atoms with Crippen molar-refractivity contribution < 1.29 is 27.9 Å². The molecule has 1 amide bonds. The van der Waals surface area contributed by atoms with Gasteiger partial charge in [0.05, 0.1) is 5.92 Å². The highest BCUT2D eigenvalue weighted by Gasteiger charge is 2.52. The molecule has 0 aromatic heterocycles. The minimum atomic E-state index is -4.65. The van der Waals surface area contributed by atoms with Crippen molar-refractivity contribution in [2.45, 2.75) is 18.6 Å². The van der Waals surface area contributed by atoms with E-state index in [0.717, 1.165) is 0 Å². The van der Waals surface area contributed by atoms with Crippen molar-refractivity contribution in [3.63, 3.8) is 0 Å². The first-order valence-electron chi connectivity index (χ1n) is 3.41. The van der Waals surface area contributed by atoms with E-state index in [-0.39, 0.29) is 0 Å². The van der Waals surface area contributed by atoms with Crippen molar-refractivity contribution in [2.24, 2.45) is 5.92 Å². The topological polar surface area (TPSA) is 66.4 Å². The van der Waals surface area contributed by atoms with Crippen molar-refractivity contribution in [1.82, 2.24) is 5.32 Å². The highest BCUT2D eigenvalue weighted by atomic mass is 19.4. The molecule has 0 bridgehead atoms. The van der Waals surface area contributed by atoms with Crippen LogP contribution < -0.4 is 5.32 Å². The summed E-state index contributed by atoms with van der Waals surface area (Å²) >= 11 is 0. The Morgan fingerprint density at radius 1 is 1.54 bits per heavy atom. The summed E-state index contributed by atoms with van der Waals surface area (Å²) in [6.07, 6.45) is -5.46. The van der Waals surface area contributed by atoms with E-state index in [1.807, 2.05) is 0 Å². The lowest BCUT2D eigenvalue weighted by Gasteiger charge is -2.17. The summed E-state index contributed by atoms with van der Waals surface area (Å²) in [5.41, 5.74) is 0. The Labute approximate surface area is 70.7 Å². The lowest BCUT2D eigenvalue weighted by atomic mass is 10.0. The third kappa shape index (κ3) is 1.90. The Morgan fingerprint density at radius 3 is 2.38 bits per heavy atom. The fourth-order valence-corrected chi connectivity index (χ4v) is 1.19. The molecule has 0 aliphatic carbocycles. The molecule has 1 heterocycles. The predicted molar refractivity (Wildman–Crippen MR) is 33.7 cm³/mol. The number of amides is 1. The number of carboxylic acids is 1. The van der Waals surface area contributed by atoms with Gasteiger partial charge >= 0.3 is 12.1 Å². The van der Waals surface area contributed by atoms with Gasteiger partial charge in [0.1, 0.15) is 6.04 Å². The van der Waals surface area contributed by atoms with Gasteiger partial charge in [0.25, 0.3) is 0 Å². The Bertz CT molecular complexity index is 250. The Kier molecular flexibility index (Phi) is 2.19. The van der Waals surface area contributed by atoms with Crippen LogP contribution in [0.4, 0.5) is 13.2 Å². The van der Waals surface area contributed by atoms with Gasteiger partial charge in [-0.25, -0.2) is 4.79 Å². The molecule has 4 nitrogen and oxygen atoms in total. The quantitative estimate of drug-likeness (QED) is 0.628. The van der Waals surface area contributed by atoms with E-state index in [4.69, 9.17) is 5.11 Å². The maximum atomic E-state index is 12.1. The van der Waals surface area contributed by atoms with Gasteiger partial charge in [0.2, 0.25) is 5.91 Å². The number of hydrogen-bond donors (Lipinski definition) is 2. The lowest BCUT2D eigenvalue weighted by Crippen LogP contribution is -2.42. The normalized spacial score (nSPS) is 28.7. The number of carboxylic acid groups (broad SMARTS) is 1. The molecule has 74 valence electrons. The number of nitrogens with one attached hydrogen (secondary N) is 1. The first kappa shape index (κ1) is 9.82. The average Bonchev–Trinajstić information content (AvgIpc) is 2.29. The number of hydrogen-bond acceptors (Lipinski definition) is 2. The fraction of sp³-hybridized carbons (Fsp3) is 0.667. The average molecular weight is 197 g/mol. The van der Waals surface area contributed by atoms with E-state index in [2.05, 4.69) is 0 Å². The Balaban J connectivity index is 2.84. The van der Waals surface area contributed by atoms with Crippen LogP contribution in [0.2, 0.25) is 0 Å².